The van der Waals surface area contributed by atoms with E-state index in [0.717, 1.165) is 11.3 Å². The quantitative estimate of drug-likeness (QED) is 0.504. The lowest BCUT2D eigenvalue weighted by atomic mass is 10.1. The van der Waals surface area contributed by atoms with Gasteiger partial charge in [0, 0.05) is 6.54 Å². The number of amides is 1. The fourth-order valence-corrected chi connectivity index (χ4v) is 3.79. The van der Waals surface area contributed by atoms with Crippen molar-refractivity contribution in [1.82, 2.24) is 24.9 Å². The molecule has 0 saturated heterocycles. The van der Waals surface area contributed by atoms with E-state index in [1.807, 2.05) is 44.2 Å². The van der Waals surface area contributed by atoms with Crippen LogP contribution in [0.15, 0.2) is 59.4 Å². The molecule has 0 fully saturated rings. The SMILES string of the molecule is CC[C@H](C(=O)NCc1ccc(F)cc1)n1nc(C)c2nn(-c3ccccc3)c(C)c2c1=O. The zero-order chi connectivity index (χ0) is 22.8. The van der Waals surface area contributed by atoms with E-state index in [9.17, 15) is 14.0 Å². The third kappa shape index (κ3) is 3.91. The lowest BCUT2D eigenvalue weighted by Gasteiger charge is -2.17. The molecular formula is C24H24FN5O2. The van der Waals surface area contributed by atoms with Gasteiger partial charge < -0.3 is 5.32 Å². The van der Waals surface area contributed by atoms with Crippen LogP contribution in [0.2, 0.25) is 0 Å². The van der Waals surface area contributed by atoms with Crippen LogP contribution in [0.4, 0.5) is 4.39 Å². The number of fused-ring (bicyclic) bond motifs is 1. The average molecular weight is 433 g/mol. The number of aryl methyl sites for hydroxylation is 2. The molecule has 0 bridgehead atoms. The van der Waals surface area contributed by atoms with Crippen LogP contribution in [0.3, 0.4) is 0 Å². The number of hydrogen-bond donors (Lipinski definition) is 1. The molecule has 1 amide bonds. The number of aromatic nitrogens is 4. The van der Waals surface area contributed by atoms with Crippen molar-refractivity contribution in [1.29, 1.82) is 0 Å². The molecule has 2 aromatic heterocycles. The number of nitrogens with zero attached hydrogens (tertiary/aromatic N) is 4. The molecule has 0 aliphatic carbocycles. The maximum absolute atomic E-state index is 13.4. The second-order valence-electron chi connectivity index (χ2n) is 7.66. The van der Waals surface area contributed by atoms with Crippen LogP contribution in [0, 0.1) is 19.7 Å². The first-order chi connectivity index (χ1) is 15.4. The molecule has 4 rings (SSSR count). The van der Waals surface area contributed by atoms with Crippen molar-refractivity contribution in [2.45, 2.75) is 39.8 Å². The van der Waals surface area contributed by atoms with E-state index in [1.54, 1.807) is 23.7 Å². The van der Waals surface area contributed by atoms with Gasteiger partial charge in [0.05, 0.1) is 22.5 Å². The minimum atomic E-state index is -0.773. The van der Waals surface area contributed by atoms with E-state index in [1.165, 1.54) is 16.8 Å². The predicted molar refractivity (Wildman–Crippen MR) is 120 cm³/mol. The summed E-state index contributed by atoms with van der Waals surface area (Å²) in [6, 6.07) is 14.7. The summed E-state index contributed by atoms with van der Waals surface area (Å²) in [5, 5.41) is 12.3. The van der Waals surface area contributed by atoms with Crippen LogP contribution in [0.1, 0.15) is 36.3 Å². The maximum atomic E-state index is 13.4. The number of carbonyl (C=O) groups is 1. The lowest BCUT2D eigenvalue weighted by Crippen LogP contribution is -2.38. The summed E-state index contributed by atoms with van der Waals surface area (Å²) in [7, 11) is 0. The molecule has 4 aromatic rings. The summed E-state index contributed by atoms with van der Waals surface area (Å²) in [6.45, 7) is 5.68. The number of carbonyl (C=O) groups excluding carboxylic acids is 1. The summed E-state index contributed by atoms with van der Waals surface area (Å²) in [4.78, 5) is 26.3. The number of rotatable bonds is 6. The minimum absolute atomic E-state index is 0.233. The standard InChI is InChI=1S/C24H24FN5O2/c1-4-20(23(31)26-14-17-10-12-18(25)13-11-17)30-24(32)21-16(3)29(19-8-6-5-7-9-19)28-22(21)15(2)27-30/h5-13,20H,4,14H2,1-3H3,(H,26,31)/t20-/m1/s1. The Labute approximate surface area is 184 Å². The fourth-order valence-electron chi connectivity index (χ4n) is 3.79. The summed E-state index contributed by atoms with van der Waals surface area (Å²) in [5.74, 6) is -0.657. The largest absolute Gasteiger partial charge is 0.350 e. The monoisotopic (exact) mass is 433 g/mol. The second-order valence-corrected chi connectivity index (χ2v) is 7.66. The number of hydrogen-bond acceptors (Lipinski definition) is 4. The normalized spacial score (nSPS) is 12.1. The van der Waals surface area contributed by atoms with Gasteiger partial charge in [-0.3, -0.25) is 9.59 Å². The number of para-hydroxylation sites is 1. The number of nitrogens with one attached hydrogen (secondary N) is 1. The van der Waals surface area contributed by atoms with E-state index >= 15 is 0 Å². The molecule has 1 N–H and O–H groups in total. The molecule has 8 heteroatoms. The van der Waals surface area contributed by atoms with Gasteiger partial charge in [-0.05, 0) is 50.1 Å². The Morgan fingerprint density at radius 1 is 1.06 bits per heavy atom. The van der Waals surface area contributed by atoms with E-state index in [2.05, 4.69) is 15.5 Å². The van der Waals surface area contributed by atoms with Crippen molar-refractivity contribution in [3.8, 4) is 5.69 Å². The van der Waals surface area contributed by atoms with Crippen molar-refractivity contribution in [2.24, 2.45) is 0 Å². The maximum Gasteiger partial charge on any atom is 0.278 e. The molecule has 0 aliphatic rings. The Hall–Kier alpha value is -3.81. The van der Waals surface area contributed by atoms with E-state index in [-0.39, 0.29) is 23.8 Å². The third-order valence-electron chi connectivity index (χ3n) is 5.50. The molecule has 0 saturated carbocycles. The topological polar surface area (TPSA) is 81.8 Å². The van der Waals surface area contributed by atoms with Gasteiger partial charge in [0.15, 0.2) is 0 Å². The summed E-state index contributed by atoms with van der Waals surface area (Å²) in [5.41, 5.74) is 3.04. The van der Waals surface area contributed by atoms with Crippen LogP contribution in [0.5, 0.6) is 0 Å². The number of halogens is 1. The molecule has 2 heterocycles. The predicted octanol–water partition coefficient (Wildman–Crippen LogP) is 3.61. The Morgan fingerprint density at radius 3 is 2.41 bits per heavy atom. The first-order valence-electron chi connectivity index (χ1n) is 10.5. The van der Waals surface area contributed by atoms with Gasteiger partial charge in [-0.1, -0.05) is 37.3 Å². The minimum Gasteiger partial charge on any atom is -0.350 e. The van der Waals surface area contributed by atoms with Crippen molar-refractivity contribution in [2.75, 3.05) is 0 Å². The van der Waals surface area contributed by atoms with Crippen LogP contribution >= 0.6 is 0 Å². The van der Waals surface area contributed by atoms with Gasteiger partial charge in [-0.25, -0.2) is 13.8 Å². The van der Waals surface area contributed by atoms with Crippen molar-refractivity contribution >= 4 is 16.8 Å². The van der Waals surface area contributed by atoms with Crippen LogP contribution in [0.25, 0.3) is 16.6 Å². The highest BCUT2D eigenvalue weighted by Gasteiger charge is 2.25. The molecule has 0 spiro atoms. The smallest absolute Gasteiger partial charge is 0.278 e. The van der Waals surface area contributed by atoms with Crippen molar-refractivity contribution < 1.29 is 9.18 Å². The van der Waals surface area contributed by atoms with Crippen LogP contribution in [-0.2, 0) is 11.3 Å². The van der Waals surface area contributed by atoms with Crippen molar-refractivity contribution in [3.05, 3.63) is 87.7 Å². The van der Waals surface area contributed by atoms with Crippen LogP contribution in [-0.4, -0.2) is 25.5 Å². The summed E-state index contributed by atoms with van der Waals surface area (Å²) in [6.07, 6.45) is 0.388. The highest BCUT2D eigenvalue weighted by Crippen LogP contribution is 2.21. The molecule has 164 valence electrons. The van der Waals surface area contributed by atoms with Crippen LogP contribution < -0.4 is 10.9 Å². The Kier molecular flexibility index (Phi) is 5.85. The van der Waals surface area contributed by atoms with Gasteiger partial charge in [0.2, 0.25) is 5.91 Å². The first-order valence-corrected chi connectivity index (χ1v) is 10.5. The highest BCUT2D eigenvalue weighted by molar-refractivity contribution is 5.84. The lowest BCUT2D eigenvalue weighted by molar-refractivity contribution is -0.125. The second kappa shape index (κ2) is 8.74. The first kappa shape index (κ1) is 21.4. The van der Waals surface area contributed by atoms with Gasteiger partial charge in [-0.15, -0.1) is 0 Å². The molecule has 1 atom stereocenters. The molecule has 32 heavy (non-hydrogen) atoms. The zero-order valence-corrected chi connectivity index (χ0v) is 18.2. The van der Waals surface area contributed by atoms with Gasteiger partial charge in [-0.2, -0.15) is 10.2 Å². The molecule has 0 unspecified atom stereocenters. The van der Waals surface area contributed by atoms with Crippen molar-refractivity contribution in [3.63, 3.8) is 0 Å². The third-order valence-corrected chi connectivity index (χ3v) is 5.50. The van der Waals surface area contributed by atoms with E-state index in [4.69, 9.17) is 0 Å². The molecule has 0 aliphatic heterocycles. The highest BCUT2D eigenvalue weighted by atomic mass is 19.1. The molecule has 0 radical (unpaired) electrons. The summed E-state index contributed by atoms with van der Waals surface area (Å²) < 4.78 is 16.1. The molecule has 7 nitrogen and oxygen atoms in total. The zero-order valence-electron chi connectivity index (χ0n) is 18.2. The number of benzene rings is 2. The van der Waals surface area contributed by atoms with Gasteiger partial charge in [0.1, 0.15) is 17.4 Å². The molecular weight excluding hydrogens is 409 g/mol. The Balaban J connectivity index is 1.70. The fraction of sp³-hybridized carbons (Fsp3) is 0.250. The average Bonchev–Trinajstić information content (AvgIpc) is 3.16. The Bertz CT molecular complexity index is 1330. The Morgan fingerprint density at radius 2 is 1.75 bits per heavy atom. The van der Waals surface area contributed by atoms with E-state index < -0.39 is 6.04 Å². The van der Waals surface area contributed by atoms with E-state index in [0.29, 0.717) is 28.7 Å². The van der Waals surface area contributed by atoms with Gasteiger partial charge in [0.25, 0.3) is 5.56 Å². The van der Waals surface area contributed by atoms with Gasteiger partial charge >= 0.3 is 0 Å². The molecule has 2 aromatic carbocycles. The summed E-state index contributed by atoms with van der Waals surface area (Å²) >= 11 is 0.